The molecule has 0 aromatic carbocycles. The van der Waals surface area contributed by atoms with Gasteiger partial charge in [0, 0.05) is 13.2 Å². The fourth-order valence-electron chi connectivity index (χ4n) is 1.29. The van der Waals surface area contributed by atoms with Crippen LogP contribution in [0.3, 0.4) is 0 Å². The quantitative estimate of drug-likeness (QED) is 0.589. The van der Waals surface area contributed by atoms with Gasteiger partial charge in [-0.05, 0) is 19.3 Å². The van der Waals surface area contributed by atoms with Crippen molar-refractivity contribution in [3.8, 4) is 6.07 Å². The molecule has 0 amide bonds. The van der Waals surface area contributed by atoms with E-state index in [4.69, 9.17) is 10.4 Å². The summed E-state index contributed by atoms with van der Waals surface area (Å²) in [5.41, 5.74) is 0. The van der Waals surface area contributed by atoms with Gasteiger partial charge in [0.2, 0.25) is 10.0 Å². The van der Waals surface area contributed by atoms with Crippen LogP contribution in [0.5, 0.6) is 0 Å². The van der Waals surface area contributed by atoms with Gasteiger partial charge < -0.3 is 5.11 Å². The molecule has 0 aromatic rings. The Balaban J connectivity index is 3.80. The molecule has 5 nitrogen and oxygen atoms in total. The maximum Gasteiger partial charge on any atom is 0.227 e. The molecule has 0 radical (unpaired) electrons. The number of aliphatic hydroxyl groups excluding tert-OH is 1. The Morgan fingerprint density at radius 1 is 1.31 bits per heavy atom. The van der Waals surface area contributed by atoms with Crippen molar-refractivity contribution in [2.45, 2.75) is 44.3 Å². The Morgan fingerprint density at radius 3 is 2.44 bits per heavy atom. The highest BCUT2D eigenvalue weighted by Crippen LogP contribution is 2.03. The summed E-state index contributed by atoms with van der Waals surface area (Å²) in [6, 6.07) is 1.77. The van der Waals surface area contributed by atoms with Crippen molar-refractivity contribution >= 4 is 10.0 Å². The van der Waals surface area contributed by atoms with Crippen molar-refractivity contribution < 1.29 is 13.5 Å². The van der Waals surface area contributed by atoms with E-state index in [-0.39, 0.29) is 6.61 Å². The number of hydrogen-bond acceptors (Lipinski definition) is 4. The molecule has 6 heteroatoms. The van der Waals surface area contributed by atoms with Crippen LogP contribution in [-0.2, 0) is 10.0 Å². The number of sulfonamides is 1. The molecule has 0 spiro atoms. The first-order valence-electron chi connectivity index (χ1n) is 5.57. The predicted octanol–water partition coefficient (Wildman–Crippen LogP) is 0.761. The Morgan fingerprint density at radius 2 is 1.94 bits per heavy atom. The number of nitrogens with zero attached hydrogens (tertiary/aromatic N) is 1. The standard InChI is InChI=1S/C10H20N2O3S/c1-2-10(9-11)16(14,15)12-7-5-3-4-6-8-13/h10,12-13H,2-8H2,1H3. The molecule has 0 aliphatic carbocycles. The van der Waals surface area contributed by atoms with Gasteiger partial charge in [0.25, 0.3) is 0 Å². The first-order chi connectivity index (χ1) is 7.58. The van der Waals surface area contributed by atoms with Crippen molar-refractivity contribution in [1.29, 1.82) is 5.26 Å². The summed E-state index contributed by atoms with van der Waals surface area (Å²) < 4.78 is 25.4. The van der Waals surface area contributed by atoms with Gasteiger partial charge in [-0.1, -0.05) is 19.8 Å². The number of nitrogens with one attached hydrogen (secondary N) is 1. The van der Waals surface area contributed by atoms with E-state index in [1.165, 1.54) is 0 Å². The molecular formula is C10H20N2O3S. The average molecular weight is 248 g/mol. The van der Waals surface area contributed by atoms with Crippen molar-refractivity contribution in [1.82, 2.24) is 4.72 Å². The zero-order valence-electron chi connectivity index (χ0n) is 9.65. The van der Waals surface area contributed by atoms with Crippen LogP contribution in [0.15, 0.2) is 0 Å². The van der Waals surface area contributed by atoms with E-state index >= 15 is 0 Å². The molecule has 0 aliphatic rings. The minimum Gasteiger partial charge on any atom is -0.396 e. The van der Waals surface area contributed by atoms with Gasteiger partial charge in [-0.2, -0.15) is 5.26 Å². The maximum atomic E-state index is 11.5. The van der Waals surface area contributed by atoms with E-state index in [1.807, 2.05) is 0 Å². The fourth-order valence-corrected chi connectivity index (χ4v) is 2.49. The third kappa shape index (κ3) is 6.05. The molecule has 0 saturated heterocycles. The Bertz CT molecular complexity index is 309. The zero-order valence-corrected chi connectivity index (χ0v) is 10.5. The lowest BCUT2D eigenvalue weighted by atomic mass is 10.2. The summed E-state index contributed by atoms with van der Waals surface area (Å²) in [4.78, 5) is 0. The molecule has 0 saturated carbocycles. The molecule has 94 valence electrons. The SMILES string of the molecule is CCC(C#N)S(=O)(=O)NCCCCCCO. The first-order valence-corrected chi connectivity index (χ1v) is 7.12. The van der Waals surface area contributed by atoms with Crippen LogP contribution in [0.1, 0.15) is 39.0 Å². The van der Waals surface area contributed by atoms with Crippen LogP contribution < -0.4 is 4.72 Å². The van der Waals surface area contributed by atoms with Crippen LogP contribution in [-0.4, -0.2) is 31.9 Å². The number of aliphatic hydroxyl groups is 1. The largest absolute Gasteiger partial charge is 0.396 e. The van der Waals surface area contributed by atoms with E-state index in [0.29, 0.717) is 13.0 Å². The lowest BCUT2D eigenvalue weighted by Gasteiger charge is -2.09. The Hall–Kier alpha value is -0.640. The van der Waals surface area contributed by atoms with Gasteiger partial charge in [-0.25, -0.2) is 13.1 Å². The molecule has 1 unspecified atom stereocenters. The molecule has 0 aliphatic heterocycles. The van der Waals surface area contributed by atoms with Crippen LogP contribution in [0.4, 0.5) is 0 Å². The van der Waals surface area contributed by atoms with E-state index in [9.17, 15) is 8.42 Å². The molecule has 2 N–H and O–H groups in total. The van der Waals surface area contributed by atoms with Crippen LogP contribution in [0, 0.1) is 11.3 Å². The highest BCUT2D eigenvalue weighted by atomic mass is 32.2. The van der Waals surface area contributed by atoms with Gasteiger partial charge in [-0.15, -0.1) is 0 Å². The van der Waals surface area contributed by atoms with Gasteiger partial charge in [-0.3, -0.25) is 0 Å². The van der Waals surface area contributed by atoms with Crippen LogP contribution in [0.25, 0.3) is 0 Å². The summed E-state index contributed by atoms with van der Waals surface area (Å²) in [6.45, 7) is 2.22. The lowest BCUT2D eigenvalue weighted by Crippen LogP contribution is -2.33. The molecule has 0 aromatic heterocycles. The van der Waals surface area contributed by atoms with Gasteiger partial charge in [0.1, 0.15) is 0 Å². The highest BCUT2D eigenvalue weighted by molar-refractivity contribution is 7.90. The van der Waals surface area contributed by atoms with E-state index in [1.54, 1.807) is 13.0 Å². The normalized spacial score (nSPS) is 13.3. The number of hydrogen-bond donors (Lipinski definition) is 2. The molecule has 1 atom stereocenters. The fraction of sp³-hybridized carbons (Fsp3) is 0.900. The van der Waals surface area contributed by atoms with Crippen molar-refractivity contribution in [3.63, 3.8) is 0 Å². The second-order valence-electron chi connectivity index (χ2n) is 3.60. The molecule has 0 fully saturated rings. The monoisotopic (exact) mass is 248 g/mol. The molecule has 0 heterocycles. The van der Waals surface area contributed by atoms with Gasteiger partial charge >= 0.3 is 0 Å². The Kier molecular flexibility index (Phi) is 8.16. The molecule has 0 rings (SSSR count). The lowest BCUT2D eigenvalue weighted by molar-refractivity contribution is 0.282. The molecular weight excluding hydrogens is 228 g/mol. The molecule has 0 bridgehead atoms. The van der Waals surface area contributed by atoms with Crippen molar-refractivity contribution in [2.24, 2.45) is 0 Å². The summed E-state index contributed by atoms with van der Waals surface area (Å²) in [5, 5.41) is 16.2. The summed E-state index contributed by atoms with van der Waals surface area (Å²) >= 11 is 0. The van der Waals surface area contributed by atoms with E-state index in [0.717, 1.165) is 25.7 Å². The second kappa shape index (κ2) is 8.50. The molecule has 16 heavy (non-hydrogen) atoms. The van der Waals surface area contributed by atoms with Crippen LogP contribution in [0.2, 0.25) is 0 Å². The second-order valence-corrected chi connectivity index (χ2v) is 5.55. The summed E-state index contributed by atoms with van der Waals surface area (Å²) in [6.07, 6.45) is 3.57. The number of rotatable bonds is 9. The zero-order chi connectivity index (χ0) is 12.4. The first kappa shape index (κ1) is 15.4. The Labute approximate surface area is 97.5 Å². The third-order valence-electron chi connectivity index (χ3n) is 2.28. The number of nitriles is 1. The number of unbranched alkanes of at least 4 members (excludes halogenated alkanes) is 3. The van der Waals surface area contributed by atoms with Gasteiger partial charge in [0.15, 0.2) is 5.25 Å². The predicted molar refractivity (Wildman–Crippen MR) is 62.2 cm³/mol. The van der Waals surface area contributed by atoms with E-state index < -0.39 is 15.3 Å². The van der Waals surface area contributed by atoms with Crippen molar-refractivity contribution in [3.05, 3.63) is 0 Å². The maximum absolute atomic E-state index is 11.5. The van der Waals surface area contributed by atoms with E-state index in [2.05, 4.69) is 4.72 Å². The third-order valence-corrected chi connectivity index (χ3v) is 4.07. The van der Waals surface area contributed by atoms with Crippen molar-refractivity contribution in [2.75, 3.05) is 13.2 Å². The van der Waals surface area contributed by atoms with Gasteiger partial charge in [0.05, 0.1) is 6.07 Å². The minimum atomic E-state index is -3.48. The summed E-state index contributed by atoms with van der Waals surface area (Å²) in [7, 11) is -3.48. The topological polar surface area (TPSA) is 90.2 Å². The summed E-state index contributed by atoms with van der Waals surface area (Å²) in [5.74, 6) is 0. The minimum absolute atomic E-state index is 0.179. The smallest absolute Gasteiger partial charge is 0.227 e. The highest BCUT2D eigenvalue weighted by Gasteiger charge is 2.22. The van der Waals surface area contributed by atoms with Crippen LogP contribution >= 0.6 is 0 Å². The average Bonchev–Trinajstić information content (AvgIpc) is 2.24.